The normalized spacial score (nSPS) is 10.4. The minimum absolute atomic E-state index is 0.0584. The van der Waals surface area contributed by atoms with Gasteiger partial charge in [0.25, 0.3) is 0 Å². The first kappa shape index (κ1) is 13.1. The molecule has 18 heavy (non-hydrogen) atoms. The van der Waals surface area contributed by atoms with Gasteiger partial charge in [0.05, 0.1) is 24.5 Å². The Morgan fingerprint density at radius 1 is 1.28 bits per heavy atom. The van der Waals surface area contributed by atoms with Crippen LogP contribution in [0.2, 0.25) is 0 Å². The number of pyridine rings is 1. The summed E-state index contributed by atoms with van der Waals surface area (Å²) in [6.45, 7) is 0.806. The lowest BCUT2D eigenvalue weighted by atomic mass is 10.2. The SMILES string of the molecule is CN(Cc1ccccn1)c1ccc(CO)cc1Br. The van der Waals surface area contributed by atoms with Gasteiger partial charge in [-0.25, -0.2) is 0 Å². The Bertz CT molecular complexity index is 516. The van der Waals surface area contributed by atoms with E-state index in [0.717, 1.165) is 28.0 Å². The Hall–Kier alpha value is -1.39. The number of aliphatic hydroxyl groups is 1. The predicted octanol–water partition coefficient (Wildman–Crippen LogP) is 2.97. The van der Waals surface area contributed by atoms with Crippen molar-refractivity contribution in [3.05, 3.63) is 58.3 Å². The van der Waals surface area contributed by atoms with E-state index in [-0.39, 0.29) is 6.61 Å². The molecule has 0 aliphatic rings. The molecule has 94 valence electrons. The fourth-order valence-electron chi connectivity index (χ4n) is 1.78. The highest BCUT2D eigenvalue weighted by molar-refractivity contribution is 9.10. The van der Waals surface area contributed by atoms with Crippen LogP contribution in [0.1, 0.15) is 11.3 Å². The summed E-state index contributed by atoms with van der Waals surface area (Å²) in [5.74, 6) is 0. The smallest absolute Gasteiger partial charge is 0.0682 e. The molecule has 2 aromatic rings. The van der Waals surface area contributed by atoms with Crippen molar-refractivity contribution in [2.75, 3.05) is 11.9 Å². The molecule has 0 unspecified atom stereocenters. The first-order valence-corrected chi connectivity index (χ1v) is 6.50. The second-order valence-corrected chi connectivity index (χ2v) is 4.98. The van der Waals surface area contributed by atoms with Crippen molar-refractivity contribution >= 4 is 21.6 Å². The molecule has 3 nitrogen and oxygen atoms in total. The summed E-state index contributed by atoms with van der Waals surface area (Å²) >= 11 is 3.53. The van der Waals surface area contributed by atoms with Crippen LogP contribution in [0.25, 0.3) is 0 Å². The quantitative estimate of drug-likeness (QED) is 0.943. The van der Waals surface area contributed by atoms with E-state index in [9.17, 15) is 0 Å². The maximum atomic E-state index is 9.08. The van der Waals surface area contributed by atoms with Crippen molar-refractivity contribution in [2.24, 2.45) is 0 Å². The molecule has 0 atom stereocenters. The zero-order valence-corrected chi connectivity index (χ0v) is 11.8. The molecule has 0 amide bonds. The first-order chi connectivity index (χ1) is 8.70. The number of hydrogen-bond donors (Lipinski definition) is 1. The van der Waals surface area contributed by atoms with Gasteiger partial charge in [0.1, 0.15) is 0 Å². The average molecular weight is 307 g/mol. The number of aromatic nitrogens is 1. The summed E-state index contributed by atoms with van der Waals surface area (Å²) in [7, 11) is 2.02. The minimum Gasteiger partial charge on any atom is -0.392 e. The second-order valence-electron chi connectivity index (χ2n) is 4.12. The van der Waals surface area contributed by atoms with Gasteiger partial charge in [-0.05, 0) is 45.8 Å². The fraction of sp³-hybridized carbons (Fsp3) is 0.214. The topological polar surface area (TPSA) is 36.4 Å². The number of benzene rings is 1. The molecule has 1 aromatic carbocycles. The molecule has 0 fully saturated rings. The van der Waals surface area contributed by atoms with Gasteiger partial charge < -0.3 is 10.0 Å². The predicted molar refractivity (Wildman–Crippen MR) is 76.4 cm³/mol. The summed E-state index contributed by atoms with van der Waals surface area (Å²) < 4.78 is 0.979. The number of nitrogens with zero attached hydrogens (tertiary/aromatic N) is 2. The van der Waals surface area contributed by atoms with Crippen LogP contribution in [0.15, 0.2) is 47.1 Å². The number of halogens is 1. The van der Waals surface area contributed by atoms with Crippen LogP contribution in [0.4, 0.5) is 5.69 Å². The molecule has 0 saturated carbocycles. The molecule has 0 aliphatic heterocycles. The van der Waals surface area contributed by atoms with E-state index in [2.05, 4.69) is 25.8 Å². The number of aliphatic hydroxyl groups excluding tert-OH is 1. The third kappa shape index (κ3) is 3.09. The van der Waals surface area contributed by atoms with Crippen LogP contribution in [0.3, 0.4) is 0 Å². The van der Waals surface area contributed by atoms with Crippen molar-refractivity contribution in [1.29, 1.82) is 0 Å². The van der Waals surface area contributed by atoms with E-state index < -0.39 is 0 Å². The van der Waals surface area contributed by atoms with Gasteiger partial charge in [0.15, 0.2) is 0 Å². The van der Waals surface area contributed by atoms with Crippen LogP contribution >= 0.6 is 15.9 Å². The van der Waals surface area contributed by atoms with E-state index >= 15 is 0 Å². The van der Waals surface area contributed by atoms with Crippen LogP contribution in [0.5, 0.6) is 0 Å². The van der Waals surface area contributed by atoms with E-state index in [1.807, 2.05) is 43.4 Å². The monoisotopic (exact) mass is 306 g/mol. The van der Waals surface area contributed by atoms with Crippen LogP contribution in [0, 0.1) is 0 Å². The lowest BCUT2D eigenvalue weighted by Crippen LogP contribution is -2.17. The van der Waals surface area contributed by atoms with Gasteiger partial charge in [0, 0.05) is 17.7 Å². The van der Waals surface area contributed by atoms with Gasteiger partial charge in [-0.15, -0.1) is 0 Å². The van der Waals surface area contributed by atoms with Crippen molar-refractivity contribution in [1.82, 2.24) is 4.98 Å². The maximum Gasteiger partial charge on any atom is 0.0682 e. The largest absolute Gasteiger partial charge is 0.392 e. The standard InChI is InChI=1S/C14H15BrN2O/c1-17(9-12-4-2-3-7-16-12)14-6-5-11(10-18)8-13(14)15/h2-8,18H,9-10H2,1H3. The second kappa shape index (κ2) is 5.98. The van der Waals surface area contributed by atoms with E-state index in [1.54, 1.807) is 6.20 Å². The molecule has 0 radical (unpaired) electrons. The molecule has 0 spiro atoms. The molecule has 4 heteroatoms. The van der Waals surface area contributed by atoms with Crippen molar-refractivity contribution in [3.63, 3.8) is 0 Å². The highest BCUT2D eigenvalue weighted by Crippen LogP contribution is 2.27. The van der Waals surface area contributed by atoms with Gasteiger partial charge in [-0.1, -0.05) is 12.1 Å². The lowest BCUT2D eigenvalue weighted by Gasteiger charge is -2.20. The Balaban J connectivity index is 2.16. The molecule has 1 heterocycles. The number of hydrogen-bond acceptors (Lipinski definition) is 3. The third-order valence-electron chi connectivity index (χ3n) is 2.73. The summed E-state index contributed by atoms with van der Waals surface area (Å²) in [6, 6.07) is 11.8. The summed E-state index contributed by atoms with van der Waals surface area (Å²) in [4.78, 5) is 6.43. The molecule has 0 saturated heterocycles. The van der Waals surface area contributed by atoms with Crippen molar-refractivity contribution < 1.29 is 5.11 Å². The fourth-order valence-corrected chi connectivity index (χ4v) is 2.51. The minimum atomic E-state index is 0.0584. The van der Waals surface area contributed by atoms with E-state index in [4.69, 9.17) is 5.11 Å². The van der Waals surface area contributed by atoms with Crippen molar-refractivity contribution in [2.45, 2.75) is 13.2 Å². The molecule has 0 aliphatic carbocycles. The average Bonchev–Trinajstić information content (AvgIpc) is 2.39. The molecular weight excluding hydrogens is 292 g/mol. The van der Waals surface area contributed by atoms with Gasteiger partial charge in [-0.3, -0.25) is 4.98 Å². The van der Waals surface area contributed by atoms with Crippen molar-refractivity contribution in [3.8, 4) is 0 Å². The first-order valence-electron chi connectivity index (χ1n) is 5.71. The lowest BCUT2D eigenvalue weighted by molar-refractivity contribution is 0.282. The van der Waals surface area contributed by atoms with E-state index in [1.165, 1.54) is 0 Å². The van der Waals surface area contributed by atoms with Crippen LogP contribution in [-0.4, -0.2) is 17.1 Å². The number of rotatable bonds is 4. The van der Waals surface area contributed by atoms with Gasteiger partial charge in [-0.2, -0.15) is 0 Å². The zero-order valence-electron chi connectivity index (χ0n) is 10.2. The molecule has 0 bridgehead atoms. The van der Waals surface area contributed by atoms with Crippen LogP contribution < -0.4 is 4.90 Å². The van der Waals surface area contributed by atoms with Gasteiger partial charge >= 0.3 is 0 Å². The third-order valence-corrected chi connectivity index (χ3v) is 3.37. The Kier molecular flexibility index (Phi) is 4.33. The molecule has 1 aromatic heterocycles. The molecule has 2 rings (SSSR count). The summed E-state index contributed by atoms with van der Waals surface area (Å²) in [5.41, 5.74) is 3.01. The number of anilines is 1. The maximum absolute atomic E-state index is 9.08. The van der Waals surface area contributed by atoms with Crippen LogP contribution in [-0.2, 0) is 13.2 Å². The van der Waals surface area contributed by atoms with Gasteiger partial charge in [0.2, 0.25) is 0 Å². The highest BCUT2D eigenvalue weighted by Gasteiger charge is 2.07. The summed E-state index contributed by atoms with van der Waals surface area (Å²) in [6.07, 6.45) is 1.80. The Morgan fingerprint density at radius 3 is 2.72 bits per heavy atom. The summed E-state index contributed by atoms with van der Waals surface area (Å²) in [5, 5.41) is 9.08. The Morgan fingerprint density at radius 2 is 2.11 bits per heavy atom. The highest BCUT2D eigenvalue weighted by atomic mass is 79.9. The zero-order chi connectivity index (χ0) is 13.0. The molecular formula is C14H15BrN2O. The van der Waals surface area contributed by atoms with E-state index in [0.29, 0.717) is 0 Å². The Labute approximate surface area is 115 Å². The molecule has 1 N–H and O–H groups in total.